The maximum absolute atomic E-state index is 12.2. The maximum Gasteiger partial charge on any atom is 0.271 e. The highest BCUT2D eigenvalue weighted by Crippen LogP contribution is 2.26. The fourth-order valence-corrected chi connectivity index (χ4v) is 2.63. The number of halogens is 1. The summed E-state index contributed by atoms with van der Waals surface area (Å²) in [5, 5.41) is 19.6. The molecule has 0 amide bonds. The highest BCUT2D eigenvalue weighted by Gasteiger charge is 2.17. The van der Waals surface area contributed by atoms with E-state index in [1.165, 1.54) is 10.8 Å². The summed E-state index contributed by atoms with van der Waals surface area (Å²) in [4.78, 5) is 16.6. The van der Waals surface area contributed by atoms with Crippen molar-refractivity contribution >= 4 is 27.8 Å². The standard InChI is InChI=1S/C17H16BrN3O2/c1-3-8-21-16(22)12(9-19)11(2)13(17(21)23)10-20-15-7-5-4-6-14(15)18/h4-7,10,23H,3,8H2,1-2H3. The van der Waals surface area contributed by atoms with Crippen LogP contribution in [0.15, 0.2) is 38.5 Å². The number of nitriles is 1. The van der Waals surface area contributed by atoms with Crippen molar-refractivity contribution < 1.29 is 5.11 Å². The van der Waals surface area contributed by atoms with Gasteiger partial charge in [0.05, 0.1) is 11.3 Å². The highest BCUT2D eigenvalue weighted by atomic mass is 79.9. The van der Waals surface area contributed by atoms with Gasteiger partial charge in [-0.1, -0.05) is 19.1 Å². The molecule has 0 spiro atoms. The highest BCUT2D eigenvalue weighted by molar-refractivity contribution is 9.10. The molecule has 0 radical (unpaired) electrons. The summed E-state index contributed by atoms with van der Waals surface area (Å²) >= 11 is 3.40. The molecule has 1 heterocycles. The minimum Gasteiger partial charge on any atom is -0.494 e. The van der Waals surface area contributed by atoms with Gasteiger partial charge in [0.25, 0.3) is 5.56 Å². The first-order valence-electron chi connectivity index (χ1n) is 7.16. The van der Waals surface area contributed by atoms with Gasteiger partial charge in [0.2, 0.25) is 5.88 Å². The molecule has 0 unspecified atom stereocenters. The fraction of sp³-hybridized carbons (Fsp3) is 0.235. The number of benzene rings is 1. The summed E-state index contributed by atoms with van der Waals surface area (Å²) in [5.74, 6) is -0.163. The van der Waals surface area contributed by atoms with Crippen LogP contribution in [0.3, 0.4) is 0 Å². The van der Waals surface area contributed by atoms with Crippen molar-refractivity contribution in [2.45, 2.75) is 26.8 Å². The second-order valence-electron chi connectivity index (χ2n) is 5.02. The Kier molecular flexibility index (Phi) is 5.35. The van der Waals surface area contributed by atoms with Gasteiger partial charge in [-0.15, -0.1) is 0 Å². The van der Waals surface area contributed by atoms with E-state index in [1.54, 1.807) is 6.92 Å². The lowest BCUT2D eigenvalue weighted by molar-refractivity contribution is 0.403. The molecule has 0 atom stereocenters. The second kappa shape index (κ2) is 7.25. The van der Waals surface area contributed by atoms with Crippen LogP contribution in [0.5, 0.6) is 5.88 Å². The summed E-state index contributed by atoms with van der Waals surface area (Å²) in [6.45, 7) is 3.87. The molecule has 1 aromatic carbocycles. The van der Waals surface area contributed by atoms with E-state index in [9.17, 15) is 15.2 Å². The number of para-hydroxylation sites is 1. The molecule has 2 aromatic rings. The van der Waals surface area contributed by atoms with E-state index in [1.807, 2.05) is 37.3 Å². The van der Waals surface area contributed by atoms with Crippen molar-refractivity contribution in [3.05, 3.63) is 55.8 Å². The number of pyridine rings is 1. The quantitative estimate of drug-likeness (QED) is 0.830. The molecule has 0 aliphatic heterocycles. The van der Waals surface area contributed by atoms with Crippen LogP contribution in [0, 0.1) is 18.3 Å². The van der Waals surface area contributed by atoms with Crippen molar-refractivity contribution in [2.24, 2.45) is 4.99 Å². The van der Waals surface area contributed by atoms with Crippen LogP contribution in [0.1, 0.15) is 30.0 Å². The van der Waals surface area contributed by atoms with E-state index < -0.39 is 5.56 Å². The minimum atomic E-state index is -0.470. The first-order valence-corrected chi connectivity index (χ1v) is 7.95. The number of hydrogen-bond acceptors (Lipinski definition) is 4. The molecule has 0 aliphatic rings. The predicted molar refractivity (Wildman–Crippen MR) is 93.5 cm³/mol. The monoisotopic (exact) mass is 373 g/mol. The van der Waals surface area contributed by atoms with Gasteiger partial charge >= 0.3 is 0 Å². The Labute approximate surface area is 142 Å². The molecule has 0 fully saturated rings. The van der Waals surface area contributed by atoms with Crippen molar-refractivity contribution in [1.82, 2.24) is 4.57 Å². The van der Waals surface area contributed by atoms with Gasteiger partial charge in [0.15, 0.2) is 0 Å². The van der Waals surface area contributed by atoms with Gasteiger partial charge in [0.1, 0.15) is 11.6 Å². The first-order chi connectivity index (χ1) is 11.0. The number of nitrogens with zero attached hydrogens (tertiary/aromatic N) is 3. The SMILES string of the molecule is CCCn1c(O)c(C=Nc2ccccc2Br)c(C)c(C#N)c1=O. The topological polar surface area (TPSA) is 78.4 Å². The molecule has 6 heteroatoms. The van der Waals surface area contributed by atoms with E-state index in [2.05, 4.69) is 20.9 Å². The van der Waals surface area contributed by atoms with E-state index in [0.29, 0.717) is 29.8 Å². The minimum absolute atomic E-state index is 0.0322. The third kappa shape index (κ3) is 3.35. The zero-order valence-corrected chi connectivity index (χ0v) is 14.5. The maximum atomic E-state index is 12.2. The van der Waals surface area contributed by atoms with E-state index in [4.69, 9.17) is 0 Å². The molecule has 2 rings (SSSR count). The molecule has 5 nitrogen and oxygen atoms in total. The molecule has 0 bridgehead atoms. The van der Waals surface area contributed by atoms with Gasteiger partial charge in [-0.05, 0) is 47.0 Å². The van der Waals surface area contributed by atoms with E-state index in [-0.39, 0.29) is 11.4 Å². The first kappa shape index (κ1) is 17.0. The van der Waals surface area contributed by atoms with Crippen LogP contribution in [0.4, 0.5) is 5.69 Å². The summed E-state index contributed by atoms with van der Waals surface area (Å²) in [6.07, 6.45) is 2.15. The Hall–Kier alpha value is -2.39. The van der Waals surface area contributed by atoms with Crippen LogP contribution in [-0.4, -0.2) is 15.9 Å². The smallest absolute Gasteiger partial charge is 0.271 e. The Bertz CT molecular complexity index is 863. The number of aromatic nitrogens is 1. The van der Waals surface area contributed by atoms with Crippen molar-refractivity contribution in [2.75, 3.05) is 0 Å². The fourth-order valence-electron chi connectivity index (χ4n) is 2.25. The Morgan fingerprint density at radius 1 is 1.43 bits per heavy atom. The molecule has 0 aliphatic carbocycles. The summed E-state index contributed by atoms with van der Waals surface area (Å²) in [6, 6.07) is 9.33. The Balaban J connectivity index is 2.63. The van der Waals surface area contributed by atoms with Crippen LogP contribution in [0.25, 0.3) is 0 Å². The normalized spacial score (nSPS) is 10.9. The number of aromatic hydroxyl groups is 1. The number of hydrogen-bond donors (Lipinski definition) is 1. The molecule has 1 N–H and O–H groups in total. The molecule has 1 aromatic heterocycles. The van der Waals surface area contributed by atoms with Crippen molar-refractivity contribution in [3.63, 3.8) is 0 Å². The van der Waals surface area contributed by atoms with Gasteiger partial charge < -0.3 is 5.11 Å². The molecule has 23 heavy (non-hydrogen) atoms. The van der Waals surface area contributed by atoms with Gasteiger partial charge in [-0.3, -0.25) is 14.4 Å². The Morgan fingerprint density at radius 2 is 2.13 bits per heavy atom. The molecule has 0 saturated heterocycles. The van der Waals surface area contributed by atoms with Crippen LogP contribution < -0.4 is 5.56 Å². The third-order valence-electron chi connectivity index (χ3n) is 3.48. The average Bonchev–Trinajstić information content (AvgIpc) is 2.53. The van der Waals surface area contributed by atoms with Crippen molar-refractivity contribution in [1.29, 1.82) is 5.26 Å². The lowest BCUT2D eigenvalue weighted by Gasteiger charge is -2.13. The zero-order valence-electron chi connectivity index (χ0n) is 12.9. The summed E-state index contributed by atoms with van der Waals surface area (Å²) < 4.78 is 2.03. The van der Waals surface area contributed by atoms with Crippen molar-refractivity contribution in [3.8, 4) is 11.9 Å². The molecule has 0 saturated carbocycles. The summed E-state index contributed by atoms with van der Waals surface area (Å²) in [7, 11) is 0. The molecular formula is C17H16BrN3O2. The number of aliphatic imine (C=N–C) groups is 1. The third-order valence-corrected chi connectivity index (χ3v) is 4.15. The number of rotatable bonds is 4. The van der Waals surface area contributed by atoms with Gasteiger partial charge in [-0.2, -0.15) is 5.26 Å². The van der Waals surface area contributed by atoms with Crippen LogP contribution in [0.2, 0.25) is 0 Å². The summed E-state index contributed by atoms with van der Waals surface area (Å²) in [5.41, 5.74) is 1.06. The van der Waals surface area contributed by atoms with Gasteiger partial charge in [-0.25, -0.2) is 0 Å². The predicted octanol–water partition coefficient (Wildman–Crippen LogP) is 3.66. The molecular weight excluding hydrogens is 358 g/mol. The lowest BCUT2D eigenvalue weighted by Crippen LogP contribution is -2.25. The lowest BCUT2D eigenvalue weighted by atomic mass is 10.1. The average molecular weight is 374 g/mol. The van der Waals surface area contributed by atoms with Gasteiger partial charge in [0, 0.05) is 17.2 Å². The van der Waals surface area contributed by atoms with E-state index in [0.717, 1.165) is 4.47 Å². The largest absolute Gasteiger partial charge is 0.494 e. The zero-order chi connectivity index (χ0) is 17.0. The van der Waals surface area contributed by atoms with E-state index >= 15 is 0 Å². The molecule has 118 valence electrons. The second-order valence-corrected chi connectivity index (χ2v) is 5.87. The Morgan fingerprint density at radius 3 is 2.74 bits per heavy atom. The van der Waals surface area contributed by atoms with Crippen LogP contribution >= 0.6 is 15.9 Å². The van der Waals surface area contributed by atoms with Crippen LogP contribution in [-0.2, 0) is 6.54 Å².